The molecule has 0 spiro atoms. The average molecular weight is 276 g/mol. The van der Waals surface area contributed by atoms with Gasteiger partial charge in [-0.05, 0) is 18.9 Å². The number of amides is 1. The van der Waals surface area contributed by atoms with Crippen molar-refractivity contribution < 1.29 is 9.18 Å². The van der Waals surface area contributed by atoms with Crippen molar-refractivity contribution in [3.05, 3.63) is 23.6 Å². The monoisotopic (exact) mass is 276 g/mol. The van der Waals surface area contributed by atoms with Crippen molar-refractivity contribution in [3.8, 4) is 6.07 Å². The van der Waals surface area contributed by atoms with E-state index >= 15 is 0 Å². The van der Waals surface area contributed by atoms with E-state index in [9.17, 15) is 9.18 Å². The van der Waals surface area contributed by atoms with Crippen LogP contribution in [0.5, 0.6) is 0 Å². The maximum absolute atomic E-state index is 13.9. The number of carbonyl (C=O) groups is 1. The van der Waals surface area contributed by atoms with E-state index in [2.05, 4.69) is 15.6 Å². The lowest BCUT2D eigenvalue weighted by Crippen LogP contribution is -2.41. The summed E-state index contributed by atoms with van der Waals surface area (Å²) in [6, 6.07) is 2.43. The van der Waals surface area contributed by atoms with Crippen molar-refractivity contribution in [1.29, 1.82) is 5.26 Å². The second-order valence-corrected chi connectivity index (χ2v) is 5.03. The molecule has 1 amide bonds. The molecule has 1 aliphatic heterocycles. The van der Waals surface area contributed by atoms with Gasteiger partial charge in [-0.15, -0.1) is 0 Å². The summed E-state index contributed by atoms with van der Waals surface area (Å²) in [5.74, 6) is -0.749. The molecule has 0 saturated carbocycles. The molecule has 20 heavy (non-hydrogen) atoms. The average Bonchev–Trinajstić information content (AvgIpc) is 2.78. The third kappa shape index (κ3) is 2.31. The lowest BCUT2D eigenvalue weighted by molar-refractivity contribution is -0.120. The van der Waals surface area contributed by atoms with E-state index in [0.717, 1.165) is 18.9 Å². The zero-order valence-corrected chi connectivity index (χ0v) is 11.5. The second kappa shape index (κ2) is 5.45. The summed E-state index contributed by atoms with van der Waals surface area (Å²) in [4.78, 5) is 15.9. The zero-order chi connectivity index (χ0) is 14.8. The van der Waals surface area contributed by atoms with Gasteiger partial charge in [-0.3, -0.25) is 4.79 Å². The highest BCUT2D eigenvalue weighted by molar-refractivity contribution is 5.88. The Bertz CT molecular complexity index is 563. The van der Waals surface area contributed by atoms with Gasteiger partial charge in [-0.1, -0.05) is 13.8 Å². The van der Waals surface area contributed by atoms with Crippen LogP contribution in [0.25, 0.3) is 0 Å². The predicted molar refractivity (Wildman–Crippen MR) is 72.3 cm³/mol. The zero-order valence-electron chi connectivity index (χ0n) is 11.5. The third-order valence-corrected chi connectivity index (χ3v) is 4.15. The first kappa shape index (κ1) is 14.3. The molecular weight excluding hydrogens is 259 g/mol. The molecule has 1 aliphatic rings. The van der Waals surface area contributed by atoms with E-state index in [1.807, 2.05) is 19.9 Å². The number of nitrogens with zero attached hydrogens (tertiary/aromatic N) is 2. The lowest BCUT2D eigenvalue weighted by atomic mass is 9.77. The Morgan fingerprint density at radius 1 is 1.60 bits per heavy atom. The molecule has 2 heterocycles. The number of nitriles is 1. The van der Waals surface area contributed by atoms with Crippen LogP contribution in [0, 0.1) is 22.6 Å². The Labute approximate surface area is 117 Å². The SMILES string of the molecule is CCC1(CC)CNC(=O)C1Nc1ncc(C#N)cc1F. The molecule has 2 rings (SSSR count). The summed E-state index contributed by atoms with van der Waals surface area (Å²) >= 11 is 0. The molecule has 0 radical (unpaired) electrons. The van der Waals surface area contributed by atoms with Crippen molar-refractivity contribution in [2.75, 3.05) is 11.9 Å². The van der Waals surface area contributed by atoms with E-state index < -0.39 is 11.9 Å². The number of rotatable bonds is 4. The van der Waals surface area contributed by atoms with Gasteiger partial charge in [0.15, 0.2) is 11.6 Å². The minimum Gasteiger partial charge on any atom is -0.355 e. The molecule has 1 atom stereocenters. The summed E-state index contributed by atoms with van der Waals surface area (Å²) in [6.45, 7) is 4.61. The van der Waals surface area contributed by atoms with E-state index in [1.165, 1.54) is 6.20 Å². The normalized spacial score (nSPS) is 20.3. The van der Waals surface area contributed by atoms with Gasteiger partial charge in [0.1, 0.15) is 12.1 Å². The fourth-order valence-corrected chi connectivity index (χ4v) is 2.61. The minimum atomic E-state index is -0.621. The molecule has 0 aromatic carbocycles. The molecule has 106 valence electrons. The van der Waals surface area contributed by atoms with Crippen LogP contribution in [-0.4, -0.2) is 23.5 Å². The molecule has 2 N–H and O–H groups in total. The van der Waals surface area contributed by atoms with Crippen LogP contribution in [0.2, 0.25) is 0 Å². The minimum absolute atomic E-state index is 0.0114. The number of anilines is 1. The van der Waals surface area contributed by atoms with Crippen LogP contribution in [0.15, 0.2) is 12.3 Å². The number of hydrogen-bond donors (Lipinski definition) is 2. The number of aromatic nitrogens is 1. The van der Waals surface area contributed by atoms with E-state index in [0.29, 0.717) is 6.54 Å². The van der Waals surface area contributed by atoms with Crippen molar-refractivity contribution in [2.45, 2.75) is 32.7 Å². The van der Waals surface area contributed by atoms with Gasteiger partial charge < -0.3 is 10.6 Å². The van der Waals surface area contributed by atoms with Gasteiger partial charge in [0.05, 0.1) is 5.56 Å². The smallest absolute Gasteiger partial charge is 0.243 e. The van der Waals surface area contributed by atoms with Gasteiger partial charge >= 0.3 is 0 Å². The molecule has 1 saturated heterocycles. The predicted octanol–water partition coefficient (Wildman–Crippen LogP) is 1.81. The summed E-state index contributed by atoms with van der Waals surface area (Å²) < 4.78 is 13.9. The van der Waals surface area contributed by atoms with Gasteiger partial charge in [0.25, 0.3) is 0 Å². The van der Waals surface area contributed by atoms with Crippen LogP contribution in [-0.2, 0) is 4.79 Å². The van der Waals surface area contributed by atoms with Gasteiger partial charge in [-0.2, -0.15) is 5.26 Å². The fraction of sp³-hybridized carbons (Fsp3) is 0.500. The molecule has 1 aromatic rings. The van der Waals surface area contributed by atoms with Gasteiger partial charge in [-0.25, -0.2) is 9.37 Å². The number of pyridine rings is 1. The molecule has 1 unspecified atom stereocenters. The van der Waals surface area contributed by atoms with E-state index in [1.54, 1.807) is 0 Å². The quantitative estimate of drug-likeness (QED) is 0.879. The van der Waals surface area contributed by atoms with E-state index in [4.69, 9.17) is 5.26 Å². The first-order valence-corrected chi connectivity index (χ1v) is 6.66. The Morgan fingerprint density at radius 2 is 2.30 bits per heavy atom. The maximum Gasteiger partial charge on any atom is 0.243 e. The molecule has 0 aliphatic carbocycles. The lowest BCUT2D eigenvalue weighted by Gasteiger charge is -2.31. The molecule has 1 aromatic heterocycles. The summed E-state index contributed by atoms with van der Waals surface area (Å²) in [5, 5.41) is 14.4. The van der Waals surface area contributed by atoms with E-state index in [-0.39, 0.29) is 22.7 Å². The van der Waals surface area contributed by atoms with Crippen molar-refractivity contribution in [1.82, 2.24) is 10.3 Å². The molecular formula is C14H17FN4O. The summed E-state index contributed by atoms with van der Waals surface area (Å²) in [7, 11) is 0. The Balaban J connectivity index is 2.28. The number of hydrogen-bond acceptors (Lipinski definition) is 4. The van der Waals surface area contributed by atoms with Crippen molar-refractivity contribution >= 4 is 11.7 Å². The second-order valence-electron chi connectivity index (χ2n) is 5.03. The molecule has 5 nitrogen and oxygen atoms in total. The highest BCUT2D eigenvalue weighted by atomic mass is 19.1. The molecule has 6 heteroatoms. The number of nitrogens with one attached hydrogen (secondary N) is 2. The van der Waals surface area contributed by atoms with Crippen LogP contribution < -0.4 is 10.6 Å². The highest BCUT2D eigenvalue weighted by Gasteiger charge is 2.46. The largest absolute Gasteiger partial charge is 0.355 e. The Morgan fingerprint density at radius 3 is 2.85 bits per heavy atom. The number of carbonyl (C=O) groups excluding carboxylic acids is 1. The van der Waals surface area contributed by atoms with Crippen LogP contribution in [0.3, 0.4) is 0 Å². The van der Waals surface area contributed by atoms with Gasteiger partial charge in [0, 0.05) is 18.2 Å². The summed E-state index contributed by atoms with van der Waals surface area (Å²) in [5.41, 5.74) is -0.0831. The van der Waals surface area contributed by atoms with Crippen molar-refractivity contribution in [3.63, 3.8) is 0 Å². The molecule has 0 bridgehead atoms. The Kier molecular flexibility index (Phi) is 3.89. The standard InChI is InChI=1S/C14H17FN4O/c1-3-14(4-2)8-18-13(20)11(14)19-12-10(15)5-9(6-16)7-17-12/h5,7,11H,3-4,8H2,1-2H3,(H,17,19)(H,18,20). The Hall–Kier alpha value is -2.16. The van der Waals surface area contributed by atoms with Crippen molar-refractivity contribution in [2.24, 2.45) is 5.41 Å². The third-order valence-electron chi connectivity index (χ3n) is 4.15. The summed E-state index contributed by atoms with van der Waals surface area (Å²) in [6.07, 6.45) is 2.90. The van der Waals surface area contributed by atoms with Crippen LogP contribution in [0.4, 0.5) is 10.2 Å². The first-order valence-electron chi connectivity index (χ1n) is 6.66. The van der Waals surface area contributed by atoms with Crippen LogP contribution >= 0.6 is 0 Å². The highest BCUT2D eigenvalue weighted by Crippen LogP contribution is 2.35. The number of halogens is 1. The maximum atomic E-state index is 13.9. The topological polar surface area (TPSA) is 77.8 Å². The first-order chi connectivity index (χ1) is 9.56. The van der Waals surface area contributed by atoms with Crippen LogP contribution in [0.1, 0.15) is 32.3 Å². The van der Waals surface area contributed by atoms with Gasteiger partial charge in [0.2, 0.25) is 5.91 Å². The molecule has 1 fully saturated rings. The fourth-order valence-electron chi connectivity index (χ4n) is 2.61.